The zero-order valence-electron chi connectivity index (χ0n) is 13.3. The maximum Gasteiger partial charge on any atom is 0.272 e. The van der Waals surface area contributed by atoms with E-state index in [1.165, 1.54) is 11.1 Å². The van der Waals surface area contributed by atoms with Crippen LogP contribution in [-0.2, 0) is 6.54 Å². The van der Waals surface area contributed by atoms with Crippen LogP contribution in [0, 0.1) is 6.92 Å². The molecule has 0 bridgehead atoms. The SMILES string of the molecule is CCC(C)NC(=O)c1ccc(NCc2cccc(C)c2)nn1. The third-order valence-corrected chi connectivity index (χ3v) is 3.44. The minimum absolute atomic E-state index is 0.133. The zero-order chi connectivity index (χ0) is 15.9. The van der Waals surface area contributed by atoms with Gasteiger partial charge in [-0.2, -0.15) is 0 Å². The van der Waals surface area contributed by atoms with Gasteiger partial charge in [0.2, 0.25) is 0 Å². The highest BCUT2D eigenvalue weighted by molar-refractivity contribution is 5.92. The summed E-state index contributed by atoms with van der Waals surface area (Å²) in [6.07, 6.45) is 0.884. The van der Waals surface area contributed by atoms with Crippen LogP contribution in [0.3, 0.4) is 0 Å². The molecule has 1 amide bonds. The molecule has 0 aliphatic heterocycles. The molecule has 1 unspecified atom stereocenters. The average Bonchev–Trinajstić information content (AvgIpc) is 2.53. The molecule has 0 aliphatic carbocycles. The Balaban J connectivity index is 1.93. The number of rotatable bonds is 6. The van der Waals surface area contributed by atoms with Crippen molar-refractivity contribution < 1.29 is 4.79 Å². The van der Waals surface area contributed by atoms with Crippen LogP contribution in [-0.4, -0.2) is 22.1 Å². The first-order valence-electron chi connectivity index (χ1n) is 7.52. The van der Waals surface area contributed by atoms with Crippen molar-refractivity contribution in [1.82, 2.24) is 15.5 Å². The maximum absolute atomic E-state index is 11.9. The van der Waals surface area contributed by atoms with Gasteiger partial charge in [0, 0.05) is 12.6 Å². The molecule has 2 aromatic rings. The first-order chi connectivity index (χ1) is 10.6. The Bertz CT molecular complexity index is 625. The molecule has 0 spiro atoms. The van der Waals surface area contributed by atoms with Crippen LogP contribution in [0.15, 0.2) is 36.4 Å². The van der Waals surface area contributed by atoms with Crippen molar-refractivity contribution >= 4 is 11.7 Å². The minimum atomic E-state index is -0.188. The van der Waals surface area contributed by atoms with E-state index in [4.69, 9.17) is 0 Å². The lowest BCUT2D eigenvalue weighted by Crippen LogP contribution is -2.32. The third kappa shape index (κ3) is 4.55. The summed E-state index contributed by atoms with van der Waals surface area (Å²) in [5, 5.41) is 14.1. The molecule has 5 heteroatoms. The van der Waals surface area contributed by atoms with Gasteiger partial charge < -0.3 is 10.6 Å². The van der Waals surface area contributed by atoms with Crippen molar-refractivity contribution in [2.75, 3.05) is 5.32 Å². The lowest BCUT2D eigenvalue weighted by atomic mass is 10.1. The number of aryl methyl sites for hydroxylation is 1. The molecular weight excluding hydrogens is 276 g/mol. The van der Waals surface area contributed by atoms with E-state index in [9.17, 15) is 4.79 Å². The molecule has 0 saturated carbocycles. The highest BCUT2D eigenvalue weighted by Crippen LogP contribution is 2.08. The molecule has 1 aromatic carbocycles. The summed E-state index contributed by atoms with van der Waals surface area (Å²) in [4.78, 5) is 11.9. The molecule has 2 rings (SSSR count). The van der Waals surface area contributed by atoms with Gasteiger partial charge in [-0.15, -0.1) is 10.2 Å². The quantitative estimate of drug-likeness (QED) is 0.860. The summed E-state index contributed by atoms with van der Waals surface area (Å²) in [6.45, 7) is 6.72. The van der Waals surface area contributed by atoms with Crippen LogP contribution in [0.25, 0.3) is 0 Å². The van der Waals surface area contributed by atoms with Crippen LogP contribution < -0.4 is 10.6 Å². The fraction of sp³-hybridized carbons (Fsp3) is 0.353. The molecule has 0 aliphatic rings. The van der Waals surface area contributed by atoms with Gasteiger partial charge in [0.1, 0.15) is 5.82 Å². The number of anilines is 1. The number of nitrogens with one attached hydrogen (secondary N) is 2. The summed E-state index contributed by atoms with van der Waals surface area (Å²) in [7, 11) is 0. The molecule has 1 heterocycles. The van der Waals surface area contributed by atoms with Crippen molar-refractivity contribution in [3.05, 3.63) is 53.2 Å². The second-order valence-corrected chi connectivity index (χ2v) is 5.43. The minimum Gasteiger partial charge on any atom is -0.365 e. The third-order valence-electron chi connectivity index (χ3n) is 3.44. The molecule has 0 fully saturated rings. The molecule has 116 valence electrons. The first kappa shape index (κ1) is 15.9. The Morgan fingerprint density at radius 1 is 1.23 bits per heavy atom. The number of aromatic nitrogens is 2. The smallest absolute Gasteiger partial charge is 0.272 e. The summed E-state index contributed by atoms with van der Waals surface area (Å²) in [5.41, 5.74) is 2.74. The number of benzene rings is 1. The number of hydrogen-bond acceptors (Lipinski definition) is 4. The number of hydrogen-bond donors (Lipinski definition) is 2. The molecular formula is C17H22N4O. The standard InChI is InChI=1S/C17H22N4O/c1-4-13(3)19-17(22)15-8-9-16(21-20-15)18-11-14-7-5-6-12(2)10-14/h5-10,13H,4,11H2,1-3H3,(H,18,21)(H,19,22). The summed E-state index contributed by atoms with van der Waals surface area (Å²) >= 11 is 0. The lowest BCUT2D eigenvalue weighted by Gasteiger charge is -2.10. The van der Waals surface area contributed by atoms with Gasteiger partial charge in [0.15, 0.2) is 5.69 Å². The van der Waals surface area contributed by atoms with E-state index >= 15 is 0 Å². The highest BCUT2D eigenvalue weighted by atomic mass is 16.2. The fourth-order valence-corrected chi connectivity index (χ4v) is 1.96. The van der Waals surface area contributed by atoms with Crippen molar-refractivity contribution in [3.63, 3.8) is 0 Å². The van der Waals surface area contributed by atoms with Crippen LogP contribution >= 0.6 is 0 Å². The Morgan fingerprint density at radius 3 is 2.68 bits per heavy atom. The topological polar surface area (TPSA) is 66.9 Å². The summed E-state index contributed by atoms with van der Waals surface area (Å²) in [5.74, 6) is 0.466. The molecule has 5 nitrogen and oxygen atoms in total. The van der Waals surface area contributed by atoms with Crippen molar-refractivity contribution in [1.29, 1.82) is 0 Å². The van der Waals surface area contributed by atoms with Crippen LogP contribution in [0.4, 0.5) is 5.82 Å². The van der Waals surface area contributed by atoms with Crippen LogP contribution in [0.5, 0.6) is 0 Å². The van der Waals surface area contributed by atoms with E-state index < -0.39 is 0 Å². The average molecular weight is 298 g/mol. The second-order valence-electron chi connectivity index (χ2n) is 5.43. The monoisotopic (exact) mass is 298 g/mol. The molecule has 1 aromatic heterocycles. The maximum atomic E-state index is 11.9. The molecule has 0 radical (unpaired) electrons. The number of amides is 1. The number of carbonyl (C=O) groups excluding carboxylic acids is 1. The predicted octanol–water partition coefficient (Wildman–Crippen LogP) is 2.93. The van der Waals surface area contributed by atoms with E-state index in [1.807, 2.05) is 19.9 Å². The van der Waals surface area contributed by atoms with Gasteiger partial charge in [-0.25, -0.2) is 0 Å². The van der Waals surface area contributed by atoms with Gasteiger partial charge in [-0.3, -0.25) is 4.79 Å². The van der Waals surface area contributed by atoms with Crippen LogP contribution in [0.2, 0.25) is 0 Å². The second kappa shape index (κ2) is 7.54. The first-order valence-corrected chi connectivity index (χ1v) is 7.52. The number of nitrogens with zero attached hydrogens (tertiary/aromatic N) is 2. The lowest BCUT2D eigenvalue weighted by molar-refractivity contribution is 0.0933. The van der Waals surface area contributed by atoms with E-state index in [0.717, 1.165) is 6.42 Å². The Labute approximate surface area is 131 Å². The van der Waals surface area contributed by atoms with Crippen molar-refractivity contribution in [3.8, 4) is 0 Å². The van der Waals surface area contributed by atoms with E-state index in [1.54, 1.807) is 12.1 Å². The van der Waals surface area contributed by atoms with Gasteiger partial charge >= 0.3 is 0 Å². The Hall–Kier alpha value is -2.43. The van der Waals surface area contributed by atoms with Gasteiger partial charge in [0.05, 0.1) is 0 Å². The Kier molecular flexibility index (Phi) is 5.47. The van der Waals surface area contributed by atoms with Crippen molar-refractivity contribution in [2.24, 2.45) is 0 Å². The molecule has 2 N–H and O–H groups in total. The Morgan fingerprint density at radius 2 is 2.05 bits per heavy atom. The predicted molar refractivity (Wildman–Crippen MR) is 87.8 cm³/mol. The fourth-order valence-electron chi connectivity index (χ4n) is 1.96. The molecule has 1 atom stereocenters. The van der Waals surface area contributed by atoms with E-state index in [0.29, 0.717) is 18.1 Å². The zero-order valence-corrected chi connectivity index (χ0v) is 13.3. The van der Waals surface area contributed by atoms with E-state index in [2.05, 4.69) is 46.0 Å². The largest absolute Gasteiger partial charge is 0.365 e. The normalized spacial score (nSPS) is 11.8. The van der Waals surface area contributed by atoms with Gasteiger partial charge in [-0.05, 0) is 38.0 Å². The number of carbonyl (C=O) groups is 1. The van der Waals surface area contributed by atoms with Crippen LogP contribution in [0.1, 0.15) is 41.9 Å². The summed E-state index contributed by atoms with van der Waals surface area (Å²) < 4.78 is 0. The van der Waals surface area contributed by atoms with Gasteiger partial charge in [0.25, 0.3) is 5.91 Å². The van der Waals surface area contributed by atoms with Gasteiger partial charge in [-0.1, -0.05) is 36.8 Å². The highest BCUT2D eigenvalue weighted by Gasteiger charge is 2.10. The molecule has 0 saturated heterocycles. The summed E-state index contributed by atoms with van der Waals surface area (Å²) in [6, 6.07) is 11.9. The van der Waals surface area contributed by atoms with E-state index in [-0.39, 0.29) is 11.9 Å². The molecule has 22 heavy (non-hydrogen) atoms. The van der Waals surface area contributed by atoms with Crippen molar-refractivity contribution in [2.45, 2.75) is 39.8 Å².